The number of quaternary nitrogens is 1. The second-order valence-corrected chi connectivity index (χ2v) is 9.75. The van der Waals surface area contributed by atoms with Gasteiger partial charge in [0.05, 0.1) is 36.0 Å². The van der Waals surface area contributed by atoms with Crippen LogP contribution >= 0.6 is 11.3 Å². The quantitative estimate of drug-likeness (QED) is 0.806. The maximum Gasteiger partial charge on any atom is 0.243 e. The second kappa shape index (κ2) is 7.11. The number of hydrogen-bond acceptors (Lipinski definition) is 4. The number of fused-ring (bicyclic) bond motifs is 1. The van der Waals surface area contributed by atoms with Gasteiger partial charge in [-0.2, -0.15) is 4.31 Å². The lowest BCUT2D eigenvalue weighted by Crippen LogP contribution is -3.13. The summed E-state index contributed by atoms with van der Waals surface area (Å²) in [5, 5.41) is 4.87. The lowest BCUT2D eigenvalue weighted by molar-refractivity contribution is -0.917. The van der Waals surface area contributed by atoms with Crippen LogP contribution in [0.1, 0.15) is 16.9 Å². The minimum atomic E-state index is -3.48. The van der Waals surface area contributed by atoms with Gasteiger partial charge in [-0.25, -0.2) is 8.42 Å². The molecule has 138 valence electrons. The lowest BCUT2D eigenvalue weighted by atomic mass is 10.0. The minimum absolute atomic E-state index is 0.0158. The van der Waals surface area contributed by atoms with Crippen LogP contribution in [-0.4, -0.2) is 44.8 Å². The van der Waals surface area contributed by atoms with Crippen molar-refractivity contribution in [3.05, 3.63) is 46.2 Å². The van der Waals surface area contributed by atoms with Crippen molar-refractivity contribution in [2.45, 2.75) is 24.3 Å². The molecule has 0 atom stereocenters. The molecule has 1 aromatic carbocycles. The zero-order valence-corrected chi connectivity index (χ0v) is 16.0. The van der Waals surface area contributed by atoms with E-state index in [9.17, 15) is 13.2 Å². The highest BCUT2D eigenvalue weighted by Crippen LogP contribution is 2.27. The number of carbonyl (C=O) groups excluding carboxylic acids is 1. The number of piperazine rings is 1. The topological polar surface area (TPSA) is 70.9 Å². The molecule has 8 heteroatoms. The molecule has 0 radical (unpaired) electrons. The van der Waals surface area contributed by atoms with Gasteiger partial charge in [0, 0.05) is 12.1 Å². The van der Waals surface area contributed by atoms with Crippen molar-refractivity contribution in [2.75, 3.05) is 31.5 Å². The molecule has 0 spiro atoms. The van der Waals surface area contributed by atoms with Crippen molar-refractivity contribution in [3.8, 4) is 0 Å². The zero-order valence-electron chi connectivity index (χ0n) is 14.4. The van der Waals surface area contributed by atoms with E-state index in [2.05, 4.69) is 22.8 Å². The second-order valence-electron chi connectivity index (χ2n) is 6.78. The molecule has 3 heterocycles. The van der Waals surface area contributed by atoms with Crippen LogP contribution in [0.5, 0.6) is 0 Å². The summed E-state index contributed by atoms with van der Waals surface area (Å²) in [6, 6.07) is 9.21. The number of benzene rings is 1. The van der Waals surface area contributed by atoms with E-state index in [0.717, 1.165) is 30.9 Å². The Morgan fingerprint density at radius 1 is 1.15 bits per heavy atom. The Kier molecular flexibility index (Phi) is 4.83. The van der Waals surface area contributed by atoms with Crippen molar-refractivity contribution < 1.29 is 18.1 Å². The summed E-state index contributed by atoms with van der Waals surface area (Å²) in [5.74, 6) is -0.0158. The van der Waals surface area contributed by atoms with Crippen molar-refractivity contribution in [1.29, 1.82) is 0 Å². The standard InChI is InChI=1S/C18H21N3O3S2/c22-18-6-3-14-12-16(4-5-17(14)19-18)26(23,24)21-9-7-20(8-10-21)13-15-2-1-11-25-15/h1-2,4-5,11-12H,3,6-10,13H2,(H,19,22)/p+1. The molecule has 2 aliphatic rings. The highest BCUT2D eigenvalue weighted by molar-refractivity contribution is 7.89. The van der Waals surface area contributed by atoms with Gasteiger partial charge >= 0.3 is 0 Å². The summed E-state index contributed by atoms with van der Waals surface area (Å²) < 4.78 is 27.6. The van der Waals surface area contributed by atoms with Gasteiger partial charge in [-0.1, -0.05) is 6.07 Å². The van der Waals surface area contributed by atoms with Crippen LogP contribution in [0.4, 0.5) is 5.69 Å². The van der Waals surface area contributed by atoms with Crippen LogP contribution in [0.15, 0.2) is 40.6 Å². The van der Waals surface area contributed by atoms with E-state index in [1.807, 2.05) is 0 Å². The summed E-state index contributed by atoms with van der Waals surface area (Å²) >= 11 is 1.75. The van der Waals surface area contributed by atoms with Crippen molar-refractivity contribution in [3.63, 3.8) is 0 Å². The molecule has 2 N–H and O–H groups in total. The fourth-order valence-electron chi connectivity index (χ4n) is 3.55. The third-order valence-corrected chi connectivity index (χ3v) is 7.81. The van der Waals surface area contributed by atoms with Crippen LogP contribution in [0.3, 0.4) is 0 Å². The highest BCUT2D eigenvalue weighted by atomic mass is 32.2. The first kappa shape index (κ1) is 17.7. The van der Waals surface area contributed by atoms with Gasteiger partial charge in [0.25, 0.3) is 0 Å². The number of aryl methyl sites for hydroxylation is 1. The van der Waals surface area contributed by atoms with Gasteiger partial charge in [0.2, 0.25) is 15.9 Å². The molecule has 4 rings (SSSR count). The SMILES string of the molecule is O=C1CCc2cc(S(=O)(=O)N3CC[NH+](Cc4cccs4)CC3)ccc2N1. The Hall–Kier alpha value is -1.74. The van der Waals surface area contributed by atoms with Crippen molar-refractivity contribution in [1.82, 2.24) is 4.31 Å². The van der Waals surface area contributed by atoms with Gasteiger partial charge in [-0.15, -0.1) is 11.3 Å². The number of thiophene rings is 1. The Balaban J connectivity index is 1.45. The third-order valence-electron chi connectivity index (χ3n) is 5.04. The molecule has 2 aliphatic heterocycles. The number of nitrogens with zero attached hydrogens (tertiary/aromatic N) is 1. The number of rotatable bonds is 4. The number of sulfonamides is 1. The smallest absolute Gasteiger partial charge is 0.243 e. The van der Waals surface area contributed by atoms with E-state index in [1.165, 1.54) is 9.78 Å². The summed E-state index contributed by atoms with van der Waals surface area (Å²) in [7, 11) is -3.48. The van der Waals surface area contributed by atoms with Crippen LogP contribution in [0.2, 0.25) is 0 Å². The highest BCUT2D eigenvalue weighted by Gasteiger charge is 2.31. The molecule has 1 fully saturated rings. The maximum absolute atomic E-state index is 13.0. The number of hydrogen-bond donors (Lipinski definition) is 2. The summed E-state index contributed by atoms with van der Waals surface area (Å²) in [5.41, 5.74) is 1.62. The average molecular weight is 393 g/mol. The molecule has 0 bridgehead atoms. The molecule has 1 aromatic heterocycles. The zero-order chi connectivity index (χ0) is 18.1. The number of amides is 1. The van der Waals surface area contributed by atoms with Gasteiger partial charge in [-0.05, 0) is 41.6 Å². The first-order chi connectivity index (χ1) is 12.5. The monoisotopic (exact) mass is 392 g/mol. The summed E-state index contributed by atoms with van der Waals surface area (Å²) in [6.45, 7) is 3.67. The van der Waals surface area contributed by atoms with Crippen LogP contribution in [0, 0.1) is 0 Å². The maximum atomic E-state index is 13.0. The third kappa shape index (κ3) is 3.55. The fraction of sp³-hybridized carbons (Fsp3) is 0.389. The number of anilines is 1. The van der Waals surface area contributed by atoms with Gasteiger partial charge < -0.3 is 10.2 Å². The Bertz CT molecular complexity index is 902. The van der Waals surface area contributed by atoms with Gasteiger partial charge in [-0.3, -0.25) is 4.79 Å². The largest absolute Gasteiger partial charge is 0.328 e. The Morgan fingerprint density at radius 3 is 2.69 bits per heavy atom. The molecule has 2 aromatic rings. The molecule has 0 saturated carbocycles. The molecule has 1 saturated heterocycles. The Labute approximate surface area is 157 Å². The molecule has 6 nitrogen and oxygen atoms in total. The van der Waals surface area contributed by atoms with Crippen LogP contribution < -0.4 is 10.2 Å². The molecular weight excluding hydrogens is 370 g/mol. The van der Waals surface area contributed by atoms with Gasteiger partial charge in [0.1, 0.15) is 6.54 Å². The van der Waals surface area contributed by atoms with E-state index in [1.54, 1.807) is 33.8 Å². The van der Waals surface area contributed by atoms with E-state index < -0.39 is 10.0 Å². The molecule has 1 amide bonds. The Morgan fingerprint density at radius 2 is 1.96 bits per heavy atom. The summed E-state index contributed by atoms with van der Waals surface area (Å²) in [4.78, 5) is 14.6. The average Bonchev–Trinajstić information content (AvgIpc) is 3.14. The van der Waals surface area contributed by atoms with Crippen LogP contribution in [-0.2, 0) is 27.8 Å². The molecule has 0 unspecified atom stereocenters. The predicted octanol–water partition coefficient (Wildman–Crippen LogP) is 0.722. The van der Waals surface area contributed by atoms with E-state index in [4.69, 9.17) is 0 Å². The first-order valence-electron chi connectivity index (χ1n) is 8.81. The van der Waals surface area contributed by atoms with E-state index in [-0.39, 0.29) is 5.91 Å². The fourth-order valence-corrected chi connectivity index (χ4v) is 5.82. The van der Waals surface area contributed by atoms with E-state index >= 15 is 0 Å². The van der Waals surface area contributed by atoms with Crippen molar-refractivity contribution in [2.24, 2.45) is 0 Å². The van der Waals surface area contributed by atoms with Crippen molar-refractivity contribution >= 4 is 33.0 Å². The summed E-state index contributed by atoms with van der Waals surface area (Å²) in [6.07, 6.45) is 0.991. The molecule has 0 aliphatic carbocycles. The number of nitrogens with one attached hydrogen (secondary N) is 2. The first-order valence-corrected chi connectivity index (χ1v) is 11.1. The predicted molar refractivity (Wildman–Crippen MR) is 101 cm³/mol. The lowest BCUT2D eigenvalue weighted by Gasteiger charge is -2.31. The number of carbonyl (C=O) groups is 1. The van der Waals surface area contributed by atoms with Gasteiger partial charge in [0.15, 0.2) is 0 Å². The van der Waals surface area contributed by atoms with E-state index in [0.29, 0.717) is 30.8 Å². The normalized spacial score (nSPS) is 19.2. The molecular formula is C18H22N3O3S2+. The molecule has 26 heavy (non-hydrogen) atoms. The van der Waals surface area contributed by atoms with Crippen LogP contribution in [0.25, 0.3) is 0 Å². The minimum Gasteiger partial charge on any atom is -0.328 e.